The summed E-state index contributed by atoms with van der Waals surface area (Å²) in [6.07, 6.45) is 14.2. The molecule has 2 aromatic heterocycles. The van der Waals surface area contributed by atoms with Crippen LogP contribution in [0, 0.1) is 0 Å². The quantitative estimate of drug-likeness (QED) is 0.107. The van der Waals surface area contributed by atoms with Crippen LogP contribution in [0.2, 0.25) is 0 Å². The summed E-state index contributed by atoms with van der Waals surface area (Å²) in [6, 6.07) is 5.93. The summed E-state index contributed by atoms with van der Waals surface area (Å²) in [6.45, 7) is 15.0. The summed E-state index contributed by atoms with van der Waals surface area (Å²) < 4.78 is 35.4. The Hall–Kier alpha value is -6.82. The van der Waals surface area contributed by atoms with Crippen molar-refractivity contribution in [2.75, 3.05) is 0 Å². The number of phenolic OH excluding ortho intramolecular Hbond substituents is 4. The zero-order chi connectivity index (χ0) is 41.4. The first-order valence-electron chi connectivity index (χ1n) is 18.7. The van der Waals surface area contributed by atoms with Crippen LogP contribution in [0.5, 0.6) is 46.0 Å². The maximum atomic E-state index is 13.4. The average Bonchev–Trinajstić information content (AvgIpc) is 3.10. The first kappa shape index (κ1) is 36.8. The molecule has 0 fully saturated rings. The van der Waals surface area contributed by atoms with Crippen molar-refractivity contribution in [3.8, 4) is 46.0 Å². The fourth-order valence-corrected chi connectivity index (χ4v) is 7.67. The normalized spacial score (nSPS) is 18.2. The smallest absolute Gasteiger partial charge is 0.205 e. The number of fused-ring (bicyclic) bond motifs is 10. The van der Waals surface area contributed by atoms with Gasteiger partial charge in [0.15, 0.2) is 23.0 Å². The monoisotopic (exact) mass is 784 g/mol. The van der Waals surface area contributed by atoms with Crippen molar-refractivity contribution in [3.05, 3.63) is 91.3 Å². The van der Waals surface area contributed by atoms with Gasteiger partial charge in [-0.05, 0) is 91.8 Å². The van der Waals surface area contributed by atoms with E-state index in [0.717, 1.165) is 0 Å². The number of phenols is 4. The molecule has 4 N–H and O–H groups in total. The van der Waals surface area contributed by atoms with Gasteiger partial charge in [0.25, 0.3) is 0 Å². The molecule has 4 aliphatic rings. The molecule has 6 aromatic rings. The van der Waals surface area contributed by atoms with Crippen molar-refractivity contribution in [1.82, 2.24) is 0 Å². The van der Waals surface area contributed by atoms with Crippen LogP contribution in [-0.4, -0.2) is 42.8 Å². The predicted molar refractivity (Wildman–Crippen MR) is 222 cm³/mol. The zero-order valence-corrected chi connectivity index (χ0v) is 33.0. The summed E-state index contributed by atoms with van der Waals surface area (Å²) in [7, 11) is 0. The summed E-state index contributed by atoms with van der Waals surface area (Å²) in [5, 5.41) is 43.3. The van der Waals surface area contributed by atoms with E-state index >= 15 is 0 Å². The van der Waals surface area contributed by atoms with E-state index in [1.807, 2.05) is 79.7 Å². The fraction of sp³-hybridized carbons (Fsp3) is 0.261. The first-order valence-corrected chi connectivity index (χ1v) is 18.7. The van der Waals surface area contributed by atoms with Crippen LogP contribution >= 0.6 is 0 Å². The highest BCUT2D eigenvalue weighted by molar-refractivity contribution is 6.03. The van der Waals surface area contributed by atoms with Gasteiger partial charge >= 0.3 is 0 Å². The zero-order valence-electron chi connectivity index (χ0n) is 33.0. The van der Waals surface area contributed by atoms with E-state index < -0.39 is 33.3 Å². The van der Waals surface area contributed by atoms with Crippen molar-refractivity contribution in [3.63, 3.8) is 0 Å². The molecule has 0 atom stereocenters. The number of hydrogen-bond acceptors (Lipinski definition) is 12. The van der Waals surface area contributed by atoms with Crippen molar-refractivity contribution in [2.24, 2.45) is 0 Å². The van der Waals surface area contributed by atoms with Gasteiger partial charge in [0.1, 0.15) is 78.5 Å². The van der Waals surface area contributed by atoms with Gasteiger partial charge < -0.3 is 48.2 Å². The summed E-state index contributed by atoms with van der Waals surface area (Å²) in [5.41, 5.74) is -0.617. The van der Waals surface area contributed by atoms with Crippen molar-refractivity contribution >= 4 is 68.2 Å². The molecule has 12 heteroatoms. The molecule has 296 valence electrons. The molecule has 0 amide bonds. The topological polar surface area (TPSA) is 178 Å². The van der Waals surface area contributed by atoms with Crippen molar-refractivity contribution in [2.45, 2.75) is 77.8 Å². The van der Waals surface area contributed by atoms with E-state index in [0.29, 0.717) is 33.8 Å². The van der Waals surface area contributed by atoms with E-state index in [9.17, 15) is 30.0 Å². The minimum atomic E-state index is -0.620. The number of benzene rings is 4. The third kappa shape index (κ3) is 5.73. The lowest BCUT2D eigenvalue weighted by Crippen LogP contribution is -2.28. The summed E-state index contributed by atoms with van der Waals surface area (Å²) in [5.74, 6) is 0.683. The van der Waals surface area contributed by atoms with E-state index in [1.165, 1.54) is 12.1 Å². The predicted octanol–water partition coefficient (Wildman–Crippen LogP) is 9.45. The average molecular weight is 785 g/mol. The Bertz CT molecular complexity index is 2880. The molecule has 4 aliphatic heterocycles. The van der Waals surface area contributed by atoms with Gasteiger partial charge in [-0.1, -0.05) is 12.2 Å². The standard InChI is InChI=1S/2C23H20O6/c2*1-22(2)7-5-11-14(28-22)10-16-18(19(11)25)20(26)17-12-6-8-23(3,4)29-21(12)13(24)9-15(17)27-16/h2*5-10,24-25H,1-4H3. The number of aromatic hydroxyl groups is 4. The molecule has 4 aromatic carbocycles. The molecule has 0 radical (unpaired) electrons. The molecule has 0 aliphatic carbocycles. The van der Waals surface area contributed by atoms with Crippen LogP contribution < -0.4 is 29.8 Å². The van der Waals surface area contributed by atoms with Crippen LogP contribution in [0.15, 0.2) is 67.0 Å². The van der Waals surface area contributed by atoms with Crippen LogP contribution in [0.3, 0.4) is 0 Å². The second-order valence-corrected chi connectivity index (χ2v) is 17.1. The van der Waals surface area contributed by atoms with Crippen LogP contribution in [0.4, 0.5) is 0 Å². The number of ether oxygens (including phenoxy) is 4. The van der Waals surface area contributed by atoms with Gasteiger partial charge in [-0.25, -0.2) is 0 Å². The van der Waals surface area contributed by atoms with E-state index in [2.05, 4.69) is 0 Å². The minimum Gasteiger partial charge on any atom is -0.506 e. The maximum absolute atomic E-state index is 13.4. The molecular formula is C46H40O12. The molecule has 10 rings (SSSR count). The molecule has 0 saturated heterocycles. The van der Waals surface area contributed by atoms with Gasteiger partial charge in [0.05, 0.1) is 21.9 Å². The first-order chi connectivity index (χ1) is 27.1. The Morgan fingerprint density at radius 3 is 1.09 bits per heavy atom. The van der Waals surface area contributed by atoms with Crippen molar-refractivity contribution in [1.29, 1.82) is 0 Å². The maximum Gasteiger partial charge on any atom is 0.205 e. The van der Waals surface area contributed by atoms with Crippen LogP contribution in [-0.2, 0) is 0 Å². The highest BCUT2D eigenvalue weighted by atomic mass is 16.5. The number of hydrogen-bond donors (Lipinski definition) is 4. The number of rotatable bonds is 0. The summed E-state index contributed by atoms with van der Waals surface area (Å²) >= 11 is 0. The molecule has 0 bridgehead atoms. The van der Waals surface area contributed by atoms with Gasteiger partial charge in [-0.3, -0.25) is 9.59 Å². The molecule has 0 saturated carbocycles. The Morgan fingerprint density at radius 1 is 0.414 bits per heavy atom. The highest BCUT2D eigenvalue weighted by Crippen LogP contribution is 2.47. The van der Waals surface area contributed by atoms with Gasteiger partial charge in [0, 0.05) is 35.4 Å². The lowest BCUT2D eigenvalue weighted by Gasteiger charge is -2.29. The Kier molecular flexibility index (Phi) is 7.52. The van der Waals surface area contributed by atoms with Gasteiger partial charge in [-0.15, -0.1) is 0 Å². The molecule has 58 heavy (non-hydrogen) atoms. The lowest BCUT2D eigenvalue weighted by molar-refractivity contribution is 0.153. The fourth-order valence-electron chi connectivity index (χ4n) is 7.67. The van der Waals surface area contributed by atoms with Crippen molar-refractivity contribution < 1.29 is 48.2 Å². The van der Waals surface area contributed by atoms with Gasteiger partial charge in [0.2, 0.25) is 10.9 Å². The third-order valence-corrected chi connectivity index (χ3v) is 10.5. The van der Waals surface area contributed by atoms with Crippen LogP contribution in [0.25, 0.3) is 68.2 Å². The largest absolute Gasteiger partial charge is 0.506 e. The van der Waals surface area contributed by atoms with Crippen LogP contribution in [0.1, 0.15) is 77.6 Å². The molecule has 0 spiro atoms. The van der Waals surface area contributed by atoms with E-state index in [1.54, 1.807) is 36.4 Å². The molecule has 0 unspecified atom stereocenters. The molecule has 12 nitrogen and oxygen atoms in total. The molecule has 6 heterocycles. The van der Waals surface area contributed by atoms with E-state index in [4.69, 9.17) is 27.8 Å². The SMILES string of the molecule is CC1(C)C=Cc2c(cc3oc4cc(O)c5c(c4c(=O)c3c2O)C=CC(C)(C)O5)O1.CC1(C)C=Cc2c(cc3oc4cc(O)c5c(c4c(=O)c3c2O)C=CC(C)(C)O5)O1. The molecular weight excluding hydrogens is 744 g/mol. The van der Waals surface area contributed by atoms with Gasteiger partial charge in [-0.2, -0.15) is 0 Å². The van der Waals surface area contributed by atoms with E-state index in [-0.39, 0.29) is 78.4 Å². The Labute approximate surface area is 330 Å². The lowest BCUT2D eigenvalue weighted by atomic mass is 9.96. The second-order valence-electron chi connectivity index (χ2n) is 17.1. The summed E-state index contributed by atoms with van der Waals surface area (Å²) in [4.78, 5) is 26.8. The Balaban J connectivity index is 0.000000150. The Morgan fingerprint density at radius 2 is 0.724 bits per heavy atom. The third-order valence-electron chi connectivity index (χ3n) is 10.5. The highest BCUT2D eigenvalue weighted by Gasteiger charge is 2.33. The minimum absolute atomic E-state index is 0.0651. The second kappa shape index (κ2) is 11.9.